The maximum absolute atomic E-state index is 7.14. The molecule has 0 aromatic rings. The Morgan fingerprint density at radius 3 is 2.06 bits per heavy atom. The summed E-state index contributed by atoms with van der Waals surface area (Å²) in [6.45, 7) is 29.1. The maximum Gasteiger partial charge on any atom is 0.250 e. The van der Waals surface area contributed by atoms with Crippen LogP contribution in [0.5, 0.6) is 0 Å². The molecule has 0 aromatic carbocycles. The first-order valence-electron chi connectivity index (χ1n) is 14.6. The van der Waals surface area contributed by atoms with Gasteiger partial charge >= 0.3 is 0 Å². The zero-order valence-electron chi connectivity index (χ0n) is 25.2. The van der Waals surface area contributed by atoms with Crippen LogP contribution in [-0.4, -0.2) is 22.7 Å². The molecule has 0 N–H and O–H groups in total. The minimum absolute atomic E-state index is 0.250. The van der Waals surface area contributed by atoms with Gasteiger partial charge in [0.25, 0.3) is 0 Å². The molecule has 2 fully saturated rings. The highest BCUT2D eigenvalue weighted by Crippen LogP contribution is 2.65. The third kappa shape index (κ3) is 4.60. The van der Waals surface area contributed by atoms with Crippen molar-refractivity contribution in [2.75, 3.05) is 0 Å². The molecule has 0 unspecified atom stereocenters. The lowest BCUT2D eigenvalue weighted by molar-refractivity contribution is -0.0592. The van der Waals surface area contributed by atoms with E-state index in [1.807, 2.05) is 0 Å². The van der Waals surface area contributed by atoms with Gasteiger partial charge in [-0.1, -0.05) is 61.5 Å². The quantitative estimate of drug-likeness (QED) is 0.346. The lowest BCUT2D eigenvalue weighted by atomic mass is 9.48. The molecule has 4 aliphatic rings. The third-order valence-corrected chi connectivity index (χ3v) is 21.0. The topological polar surface area (TPSA) is 18.5 Å². The standard InChI is InChI=1S/C31H56O2Si2/c1-28(2,3)34(9,10)32-23-17-19-30(7)22(21-23)13-14-24-25-15-16-27(31(25,8)20-18-26(24)30)33-35(11,12)29(4,5)6/h13,21,24-27H,14-20H2,1-12H3/t24-,25-,26-,27-,30-,31-/m0/s1. The van der Waals surface area contributed by atoms with Gasteiger partial charge in [-0.15, -0.1) is 0 Å². The van der Waals surface area contributed by atoms with Crippen LogP contribution >= 0.6 is 0 Å². The van der Waals surface area contributed by atoms with Crippen LogP contribution in [0.2, 0.25) is 36.3 Å². The van der Waals surface area contributed by atoms with Crippen molar-refractivity contribution in [1.29, 1.82) is 0 Å². The average Bonchev–Trinajstić information content (AvgIpc) is 3.02. The van der Waals surface area contributed by atoms with Gasteiger partial charge in [-0.05, 0) is 115 Å². The van der Waals surface area contributed by atoms with Crippen LogP contribution in [0.4, 0.5) is 0 Å². The van der Waals surface area contributed by atoms with E-state index in [0.717, 1.165) is 24.2 Å². The molecule has 0 radical (unpaired) electrons. The van der Waals surface area contributed by atoms with Gasteiger partial charge in [0.15, 0.2) is 8.32 Å². The molecule has 2 nitrogen and oxygen atoms in total. The molecule has 0 saturated heterocycles. The van der Waals surface area contributed by atoms with Crippen LogP contribution in [0, 0.1) is 28.6 Å². The van der Waals surface area contributed by atoms with Crippen molar-refractivity contribution >= 4 is 16.6 Å². The van der Waals surface area contributed by atoms with E-state index >= 15 is 0 Å². The van der Waals surface area contributed by atoms with E-state index in [9.17, 15) is 0 Å². The second-order valence-corrected chi connectivity index (χ2v) is 25.6. The van der Waals surface area contributed by atoms with Crippen LogP contribution in [0.3, 0.4) is 0 Å². The average molecular weight is 517 g/mol. The van der Waals surface area contributed by atoms with Gasteiger partial charge in [0, 0.05) is 6.42 Å². The summed E-state index contributed by atoms with van der Waals surface area (Å²) in [6, 6.07) is 0. The Morgan fingerprint density at radius 2 is 1.46 bits per heavy atom. The summed E-state index contributed by atoms with van der Waals surface area (Å²) in [5.41, 5.74) is 2.27. The van der Waals surface area contributed by atoms with Crippen molar-refractivity contribution < 1.29 is 8.85 Å². The summed E-state index contributed by atoms with van der Waals surface area (Å²) in [7, 11) is -3.53. The summed E-state index contributed by atoms with van der Waals surface area (Å²) in [5, 5.41) is 0.535. The summed E-state index contributed by atoms with van der Waals surface area (Å²) >= 11 is 0. The fourth-order valence-electron chi connectivity index (χ4n) is 7.54. The number of fused-ring (bicyclic) bond motifs is 5. The molecule has 4 rings (SSSR count). The Kier molecular flexibility index (Phi) is 6.80. The lowest BCUT2D eigenvalue weighted by Gasteiger charge is -2.57. The van der Waals surface area contributed by atoms with E-state index < -0.39 is 16.6 Å². The smallest absolute Gasteiger partial charge is 0.250 e. The Labute approximate surface area is 220 Å². The van der Waals surface area contributed by atoms with Gasteiger partial charge in [0.1, 0.15) is 0 Å². The number of rotatable bonds is 4. The maximum atomic E-state index is 7.14. The Bertz CT molecular complexity index is 887. The Balaban J connectivity index is 1.55. The highest BCUT2D eigenvalue weighted by Gasteiger charge is 2.59. The van der Waals surface area contributed by atoms with Crippen LogP contribution < -0.4 is 0 Å². The lowest BCUT2D eigenvalue weighted by Crippen LogP contribution is -2.53. The van der Waals surface area contributed by atoms with Gasteiger partial charge in [-0.3, -0.25) is 0 Å². The van der Waals surface area contributed by atoms with Crippen LogP contribution in [0.1, 0.15) is 100 Å². The van der Waals surface area contributed by atoms with Crippen molar-refractivity contribution in [2.24, 2.45) is 28.6 Å². The number of hydrogen-bond donors (Lipinski definition) is 0. The Morgan fingerprint density at radius 1 is 0.829 bits per heavy atom. The van der Waals surface area contributed by atoms with E-state index in [2.05, 4.69) is 93.7 Å². The number of allylic oxidation sites excluding steroid dienone is 4. The molecule has 0 spiro atoms. The highest BCUT2D eigenvalue weighted by atomic mass is 28.4. The molecule has 0 amide bonds. The summed E-state index contributed by atoms with van der Waals surface area (Å²) in [4.78, 5) is 0. The summed E-state index contributed by atoms with van der Waals surface area (Å²) in [6.07, 6.45) is 14.6. The molecule has 4 heteroatoms. The van der Waals surface area contributed by atoms with E-state index in [1.54, 1.807) is 5.57 Å². The van der Waals surface area contributed by atoms with Crippen LogP contribution in [0.15, 0.2) is 23.5 Å². The molecular weight excluding hydrogens is 461 g/mol. The second-order valence-electron chi connectivity index (χ2n) is 16.2. The fraction of sp³-hybridized carbons (Fsp3) is 0.871. The zero-order valence-corrected chi connectivity index (χ0v) is 27.2. The highest BCUT2D eigenvalue weighted by molar-refractivity contribution is 6.74. The van der Waals surface area contributed by atoms with Gasteiger partial charge in [-0.25, -0.2) is 0 Å². The normalized spacial score (nSPS) is 38.2. The first-order valence-corrected chi connectivity index (χ1v) is 20.4. The SMILES string of the molecule is CC(C)(C)[Si](C)(C)OC1=CC2=CC[C@H]3[C@@H]4CC[C@H](O[Si](C)(C)C(C)(C)C)[C@@]4(C)CC[C@@H]3[C@@]2(C)CC1. The van der Waals surface area contributed by atoms with E-state index in [1.165, 1.54) is 44.3 Å². The van der Waals surface area contributed by atoms with E-state index in [4.69, 9.17) is 8.85 Å². The molecule has 0 aliphatic heterocycles. The largest absolute Gasteiger partial charge is 0.547 e. The molecule has 35 heavy (non-hydrogen) atoms. The summed E-state index contributed by atoms with van der Waals surface area (Å²) < 4.78 is 13.9. The minimum atomic E-state index is -1.78. The molecule has 4 aliphatic carbocycles. The van der Waals surface area contributed by atoms with Gasteiger partial charge in [0.05, 0.1) is 11.9 Å². The zero-order chi connectivity index (χ0) is 26.2. The van der Waals surface area contributed by atoms with Gasteiger partial charge < -0.3 is 8.85 Å². The van der Waals surface area contributed by atoms with Crippen molar-refractivity contribution in [1.82, 2.24) is 0 Å². The molecular formula is C31H56O2Si2. The van der Waals surface area contributed by atoms with Crippen molar-refractivity contribution in [3.8, 4) is 0 Å². The summed E-state index contributed by atoms with van der Waals surface area (Å²) in [5.74, 6) is 3.73. The number of hydrogen-bond acceptors (Lipinski definition) is 2. The van der Waals surface area contributed by atoms with Crippen molar-refractivity contribution in [3.05, 3.63) is 23.5 Å². The molecule has 0 heterocycles. The van der Waals surface area contributed by atoms with Crippen LogP contribution in [0.25, 0.3) is 0 Å². The first kappa shape index (κ1) is 27.7. The first-order chi connectivity index (χ1) is 15.8. The molecule has 2 saturated carbocycles. The molecule has 200 valence electrons. The molecule has 0 bridgehead atoms. The molecule has 0 aromatic heterocycles. The predicted octanol–water partition coefficient (Wildman–Crippen LogP) is 9.86. The predicted molar refractivity (Wildman–Crippen MR) is 156 cm³/mol. The van der Waals surface area contributed by atoms with Crippen molar-refractivity contribution in [3.63, 3.8) is 0 Å². The molecule has 6 atom stereocenters. The third-order valence-electron chi connectivity index (χ3n) is 12.1. The second kappa shape index (κ2) is 8.59. The van der Waals surface area contributed by atoms with Gasteiger partial charge in [-0.2, -0.15) is 0 Å². The Hall–Kier alpha value is -0.326. The van der Waals surface area contributed by atoms with Gasteiger partial charge in [0.2, 0.25) is 8.32 Å². The van der Waals surface area contributed by atoms with Crippen LogP contribution in [-0.2, 0) is 8.85 Å². The fourth-order valence-corrected chi connectivity index (χ4v) is 10.1. The van der Waals surface area contributed by atoms with E-state index in [0.29, 0.717) is 16.9 Å². The minimum Gasteiger partial charge on any atom is -0.547 e. The monoisotopic (exact) mass is 516 g/mol. The van der Waals surface area contributed by atoms with E-state index in [-0.39, 0.29) is 10.1 Å². The van der Waals surface area contributed by atoms with Crippen molar-refractivity contribution in [2.45, 2.75) is 143 Å².